The molecule has 2 amide bonds. The molecule has 144 valence electrons. The number of likely N-dealkylation sites (N-methyl/N-ethyl adjacent to an activating group) is 1. The number of carbonyl (C=O) groups excluding carboxylic acids is 1. The molecule has 1 aromatic heterocycles. The quantitative estimate of drug-likeness (QED) is 0.845. The Balaban J connectivity index is 1.64. The SMILES string of the molecule is CN1CCO[C@H](CNC(=O)N(Cc2ccncc2)Cc2ccc(F)cc2)C1. The van der Waals surface area contributed by atoms with E-state index in [0.29, 0.717) is 26.2 Å². The minimum Gasteiger partial charge on any atom is -0.374 e. The number of morpholine rings is 1. The van der Waals surface area contributed by atoms with Crippen molar-refractivity contribution in [1.29, 1.82) is 0 Å². The summed E-state index contributed by atoms with van der Waals surface area (Å²) in [6.07, 6.45) is 3.39. The van der Waals surface area contributed by atoms with Gasteiger partial charge in [-0.05, 0) is 42.4 Å². The predicted octanol–water partition coefficient (Wildman–Crippen LogP) is 2.26. The standard InChI is InChI=1S/C20H25FN4O2/c1-24-10-11-27-19(15-24)12-23-20(26)25(14-17-6-8-22-9-7-17)13-16-2-4-18(21)5-3-16/h2-9,19H,10-15H2,1H3,(H,23,26)/t19-/m1/s1. The molecule has 3 rings (SSSR count). The van der Waals surface area contributed by atoms with Crippen molar-refractivity contribution in [3.8, 4) is 0 Å². The lowest BCUT2D eigenvalue weighted by atomic mass is 10.2. The Hall–Kier alpha value is -2.51. The molecule has 0 radical (unpaired) electrons. The highest BCUT2D eigenvalue weighted by Crippen LogP contribution is 2.11. The minimum absolute atomic E-state index is 0.0127. The van der Waals surface area contributed by atoms with Gasteiger partial charge >= 0.3 is 6.03 Å². The third-order valence-electron chi connectivity index (χ3n) is 4.52. The van der Waals surface area contributed by atoms with Crippen molar-refractivity contribution >= 4 is 6.03 Å². The number of aromatic nitrogens is 1. The molecule has 1 aromatic carbocycles. The van der Waals surface area contributed by atoms with Crippen LogP contribution in [0.25, 0.3) is 0 Å². The summed E-state index contributed by atoms with van der Waals surface area (Å²) in [5.74, 6) is -0.289. The Labute approximate surface area is 158 Å². The highest BCUT2D eigenvalue weighted by atomic mass is 19.1. The van der Waals surface area contributed by atoms with Crippen LogP contribution in [0.5, 0.6) is 0 Å². The van der Waals surface area contributed by atoms with E-state index in [1.54, 1.807) is 29.4 Å². The van der Waals surface area contributed by atoms with Crippen LogP contribution in [0.1, 0.15) is 11.1 Å². The van der Waals surface area contributed by atoms with Gasteiger partial charge in [-0.15, -0.1) is 0 Å². The summed E-state index contributed by atoms with van der Waals surface area (Å²) in [5, 5.41) is 2.97. The number of carbonyl (C=O) groups is 1. The molecule has 1 aliphatic rings. The van der Waals surface area contributed by atoms with Crippen LogP contribution < -0.4 is 5.32 Å². The molecule has 1 atom stereocenters. The number of halogens is 1. The molecule has 0 aliphatic carbocycles. The summed E-state index contributed by atoms with van der Waals surface area (Å²) in [7, 11) is 2.04. The van der Waals surface area contributed by atoms with Gasteiger partial charge in [0.25, 0.3) is 0 Å². The number of rotatable bonds is 6. The zero-order chi connectivity index (χ0) is 19.1. The van der Waals surface area contributed by atoms with Gasteiger partial charge in [-0.25, -0.2) is 9.18 Å². The fourth-order valence-electron chi connectivity index (χ4n) is 3.02. The van der Waals surface area contributed by atoms with Gasteiger partial charge in [0.15, 0.2) is 0 Å². The average molecular weight is 372 g/mol. The topological polar surface area (TPSA) is 57.7 Å². The van der Waals surface area contributed by atoms with Crippen molar-refractivity contribution < 1.29 is 13.9 Å². The molecule has 1 saturated heterocycles. The van der Waals surface area contributed by atoms with Crippen molar-refractivity contribution in [2.45, 2.75) is 19.2 Å². The number of urea groups is 1. The molecule has 0 unspecified atom stereocenters. The van der Waals surface area contributed by atoms with E-state index in [-0.39, 0.29) is 18.0 Å². The maximum absolute atomic E-state index is 13.2. The van der Waals surface area contributed by atoms with E-state index in [1.165, 1.54) is 12.1 Å². The third-order valence-corrected chi connectivity index (χ3v) is 4.52. The van der Waals surface area contributed by atoms with Gasteiger partial charge in [0.05, 0.1) is 12.7 Å². The molecular weight excluding hydrogens is 347 g/mol. The summed E-state index contributed by atoms with van der Waals surface area (Å²) < 4.78 is 18.9. The Bertz CT molecular complexity index is 727. The fraction of sp³-hybridized carbons (Fsp3) is 0.400. The molecule has 1 N–H and O–H groups in total. The number of nitrogens with zero attached hydrogens (tertiary/aromatic N) is 3. The summed E-state index contributed by atoms with van der Waals surface area (Å²) in [6.45, 7) is 3.66. The molecule has 27 heavy (non-hydrogen) atoms. The Morgan fingerprint density at radius 1 is 1.22 bits per heavy atom. The minimum atomic E-state index is -0.289. The predicted molar refractivity (Wildman–Crippen MR) is 101 cm³/mol. The number of nitrogens with one attached hydrogen (secondary N) is 1. The summed E-state index contributed by atoms with van der Waals surface area (Å²) in [4.78, 5) is 20.7. The molecule has 0 saturated carbocycles. The van der Waals surface area contributed by atoms with Crippen LogP contribution in [0, 0.1) is 5.82 Å². The average Bonchev–Trinajstić information content (AvgIpc) is 2.68. The smallest absolute Gasteiger partial charge is 0.318 e. The first-order chi connectivity index (χ1) is 13.1. The van der Waals surface area contributed by atoms with E-state index in [2.05, 4.69) is 15.2 Å². The van der Waals surface area contributed by atoms with Crippen LogP contribution in [-0.4, -0.2) is 60.2 Å². The van der Waals surface area contributed by atoms with E-state index < -0.39 is 0 Å². The first-order valence-corrected chi connectivity index (χ1v) is 9.06. The van der Waals surface area contributed by atoms with Gasteiger partial charge in [-0.2, -0.15) is 0 Å². The molecule has 1 aliphatic heterocycles. The lowest BCUT2D eigenvalue weighted by Gasteiger charge is -2.31. The third kappa shape index (κ3) is 6.01. The molecule has 1 fully saturated rings. The van der Waals surface area contributed by atoms with E-state index in [4.69, 9.17) is 4.74 Å². The first-order valence-electron chi connectivity index (χ1n) is 9.06. The van der Waals surface area contributed by atoms with Gasteiger partial charge in [0.2, 0.25) is 0 Å². The maximum atomic E-state index is 13.2. The van der Waals surface area contributed by atoms with Gasteiger partial charge < -0.3 is 19.9 Å². The molecule has 2 heterocycles. The number of hydrogen-bond donors (Lipinski definition) is 1. The fourth-order valence-corrected chi connectivity index (χ4v) is 3.02. The van der Waals surface area contributed by atoms with Crippen LogP contribution in [-0.2, 0) is 17.8 Å². The van der Waals surface area contributed by atoms with Crippen molar-refractivity contribution in [3.63, 3.8) is 0 Å². The number of amides is 2. The number of hydrogen-bond acceptors (Lipinski definition) is 4. The lowest BCUT2D eigenvalue weighted by molar-refractivity contribution is -0.0173. The molecule has 6 nitrogen and oxygen atoms in total. The van der Waals surface area contributed by atoms with E-state index >= 15 is 0 Å². The first kappa shape index (κ1) is 19.3. The normalized spacial score (nSPS) is 17.5. The van der Waals surface area contributed by atoms with Crippen LogP contribution >= 0.6 is 0 Å². The van der Waals surface area contributed by atoms with E-state index in [1.807, 2.05) is 19.2 Å². The highest BCUT2D eigenvalue weighted by Gasteiger charge is 2.20. The monoisotopic (exact) mass is 372 g/mol. The van der Waals surface area contributed by atoms with Crippen molar-refractivity contribution in [2.75, 3.05) is 33.3 Å². The summed E-state index contributed by atoms with van der Waals surface area (Å²) >= 11 is 0. The number of pyridine rings is 1. The molecule has 7 heteroatoms. The molecule has 0 bridgehead atoms. The zero-order valence-electron chi connectivity index (χ0n) is 15.5. The van der Waals surface area contributed by atoms with Crippen LogP contribution in [0.15, 0.2) is 48.8 Å². The summed E-state index contributed by atoms with van der Waals surface area (Å²) in [5.41, 5.74) is 1.85. The van der Waals surface area contributed by atoms with E-state index in [0.717, 1.165) is 24.2 Å². The molecule has 0 spiro atoms. The Morgan fingerprint density at radius 2 is 1.89 bits per heavy atom. The zero-order valence-corrected chi connectivity index (χ0v) is 15.5. The second kappa shape index (κ2) is 9.43. The van der Waals surface area contributed by atoms with Crippen LogP contribution in [0.3, 0.4) is 0 Å². The van der Waals surface area contributed by atoms with Crippen LogP contribution in [0.4, 0.5) is 9.18 Å². The molecule has 2 aromatic rings. The number of ether oxygens (including phenoxy) is 1. The largest absolute Gasteiger partial charge is 0.374 e. The maximum Gasteiger partial charge on any atom is 0.318 e. The second-order valence-corrected chi connectivity index (χ2v) is 6.78. The van der Waals surface area contributed by atoms with Crippen molar-refractivity contribution in [3.05, 3.63) is 65.7 Å². The Morgan fingerprint density at radius 3 is 2.56 bits per heavy atom. The molecular formula is C20H25FN4O2. The van der Waals surface area contributed by atoms with Crippen molar-refractivity contribution in [1.82, 2.24) is 20.1 Å². The van der Waals surface area contributed by atoms with Gasteiger partial charge in [-0.1, -0.05) is 12.1 Å². The van der Waals surface area contributed by atoms with Gasteiger partial charge in [0, 0.05) is 45.1 Å². The van der Waals surface area contributed by atoms with E-state index in [9.17, 15) is 9.18 Å². The Kier molecular flexibility index (Phi) is 6.73. The van der Waals surface area contributed by atoms with Gasteiger partial charge in [0.1, 0.15) is 5.82 Å². The van der Waals surface area contributed by atoms with Crippen LogP contribution in [0.2, 0.25) is 0 Å². The van der Waals surface area contributed by atoms with Gasteiger partial charge in [-0.3, -0.25) is 4.98 Å². The second-order valence-electron chi connectivity index (χ2n) is 6.78. The highest BCUT2D eigenvalue weighted by molar-refractivity contribution is 5.74. The number of benzene rings is 1. The summed E-state index contributed by atoms with van der Waals surface area (Å²) in [6, 6.07) is 9.79. The lowest BCUT2D eigenvalue weighted by Crippen LogP contribution is -2.48. The van der Waals surface area contributed by atoms with Crippen molar-refractivity contribution in [2.24, 2.45) is 0 Å².